The van der Waals surface area contributed by atoms with E-state index in [1.54, 1.807) is 42.2 Å². The van der Waals surface area contributed by atoms with Crippen LogP contribution in [0.3, 0.4) is 0 Å². The molecule has 6 rings (SSSR count). The third-order valence-electron chi connectivity index (χ3n) is 7.92. The number of furan rings is 1. The van der Waals surface area contributed by atoms with E-state index in [0.717, 1.165) is 0 Å². The smallest absolute Gasteiger partial charge is 0.297 e. The lowest BCUT2D eigenvalue weighted by molar-refractivity contribution is -0.118. The molecule has 0 spiro atoms. The second kappa shape index (κ2) is 10.3. The van der Waals surface area contributed by atoms with Crippen molar-refractivity contribution in [3.8, 4) is 18.2 Å². The predicted octanol–water partition coefficient (Wildman–Crippen LogP) is 5.53. The minimum absolute atomic E-state index is 0.0687. The van der Waals surface area contributed by atoms with E-state index in [-0.39, 0.29) is 66.7 Å². The molecule has 1 aromatic carbocycles. The van der Waals surface area contributed by atoms with Gasteiger partial charge in [0.05, 0.1) is 24.8 Å². The number of pyridine rings is 1. The van der Waals surface area contributed by atoms with Gasteiger partial charge in [0.2, 0.25) is 5.88 Å². The molecule has 2 saturated heterocycles. The monoisotopic (exact) mass is 564 g/mol. The fourth-order valence-electron chi connectivity index (χ4n) is 5.73. The number of hydrogen-bond acceptors (Lipinski definition) is 8. The van der Waals surface area contributed by atoms with E-state index < -0.39 is 36.0 Å². The van der Waals surface area contributed by atoms with Crippen molar-refractivity contribution in [3.63, 3.8) is 0 Å². The Morgan fingerprint density at radius 2 is 2.10 bits per heavy atom. The number of nitrogens with zero attached hydrogens (tertiary/aromatic N) is 4. The van der Waals surface area contributed by atoms with Crippen molar-refractivity contribution in [2.75, 3.05) is 24.7 Å². The van der Waals surface area contributed by atoms with E-state index in [2.05, 4.69) is 20.9 Å². The zero-order chi connectivity index (χ0) is 28.9. The molecule has 11 heteroatoms. The molecule has 3 aromatic heterocycles. The van der Waals surface area contributed by atoms with Crippen molar-refractivity contribution in [1.82, 2.24) is 15.0 Å². The fourth-order valence-corrected chi connectivity index (χ4v) is 5.73. The SMILES string of the molecule is C#Cc1cnc(O[C@H]2C[C@@H](C(C)=O)N(c3nc(C(F)F)nc4c3oc3ccccc34)C2)c([C@@]2(F)CCOC[C@@H]2C)c1. The lowest BCUT2D eigenvalue weighted by atomic mass is 9.80. The zero-order valence-electron chi connectivity index (χ0n) is 22.4. The van der Waals surface area contributed by atoms with E-state index in [1.807, 2.05) is 0 Å². The summed E-state index contributed by atoms with van der Waals surface area (Å²) in [7, 11) is 0. The van der Waals surface area contributed by atoms with Crippen LogP contribution in [0, 0.1) is 18.3 Å². The van der Waals surface area contributed by atoms with Gasteiger partial charge in [0.15, 0.2) is 23.0 Å². The van der Waals surface area contributed by atoms with Crippen LogP contribution >= 0.6 is 0 Å². The number of anilines is 1. The Balaban J connectivity index is 1.40. The number of rotatable bonds is 6. The number of ketones is 1. The van der Waals surface area contributed by atoms with Crippen molar-refractivity contribution >= 4 is 33.7 Å². The number of fused-ring (bicyclic) bond motifs is 3. The molecule has 0 aliphatic carbocycles. The van der Waals surface area contributed by atoms with Gasteiger partial charge in [-0.1, -0.05) is 25.0 Å². The van der Waals surface area contributed by atoms with Gasteiger partial charge in [0.1, 0.15) is 22.9 Å². The lowest BCUT2D eigenvalue weighted by Crippen LogP contribution is -2.38. The minimum atomic E-state index is -2.94. The first-order valence-electron chi connectivity index (χ1n) is 13.3. The molecule has 0 bridgehead atoms. The van der Waals surface area contributed by atoms with Gasteiger partial charge in [-0.25, -0.2) is 28.1 Å². The Labute approximate surface area is 233 Å². The number of carbonyl (C=O) groups is 1. The molecule has 2 aliphatic rings. The number of halogens is 3. The highest BCUT2D eigenvalue weighted by molar-refractivity contribution is 6.06. The van der Waals surface area contributed by atoms with Crippen LogP contribution in [0.2, 0.25) is 0 Å². The highest BCUT2D eigenvalue weighted by Gasteiger charge is 2.45. The van der Waals surface area contributed by atoms with Crippen molar-refractivity contribution in [2.45, 2.75) is 50.9 Å². The van der Waals surface area contributed by atoms with Gasteiger partial charge in [0, 0.05) is 42.5 Å². The lowest BCUT2D eigenvalue weighted by Gasteiger charge is -2.36. The molecule has 41 heavy (non-hydrogen) atoms. The fraction of sp³-hybridized carbons (Fsp3) is 0.400. The first-order valence-corrected chi connectivity index (χ1v) is 13.3. The predicted molar refractivity (Wildman–Crippen MR) is 145 cm³/mol. The number of ether oxygens (including phenoxy) is 2. The molecule has 0 radical (unpaired) electrons. The standard InChI is InChI=1S/C30H27F3N4O4/c1-4-18-11-21(30(33)9-10-39-15-16(30)2)29(34-13-18)40-19-12-22(17(3)38)37(14-19)28-25-24(35-27(36-28)26(31)32)20-7-5-6-8-23(20)41-25/h1,5-8,11,13,16,19,22,26H,9-10,12,14-15H2,2-3H3/t16-,19-,22-,30+/m0/s1. The largest absolute Gasteiger partial charge is 0.472 e. The quantitative estimate of drug-likeness (QED) is 0.283. The normalized spacial score (nSPS) is 24.7. The maximum absolute atomic E-state index is 16.5. The zero-order valence-corrected chi connectivity index (χ0v) is 22.4. The van der Waals surface area contributed by atoms with Gasteiger partial charge in [-0.3, -0.25) is 4.79 Å². The number of benzene rings is 1. The van der Waals surface area contributed by atoms with Gasteiger partial charge < -0.3 is 18.8 Å². The molecule has 4 atom stereocenters. The molecule has 4 aromatic rings. The average molecular weight is 565 g/mol. The van der Waals surface area contributed by atoms with Crippen LogP contribution in [0.25, 0.3) is 22.1 Å². The van der Waals surface area contributed by atoms with Gasteiger partial charge >= 0.3 is 0 Å². The van der Waals surface area contributed by atoms with Crippen LogP contribution < -0.4 is 9.64 Å². The Kier molecular flexibility index (Phi) is 6.82. The minimum Gasteiger partial charge on any atom is -0.472 e. The molecule has 0 N–H and O–H groups in total. The molecular formula is C30H27F3N4O4. The number of aromatic nitrogens is 3. The summed E-state index contributed by atoms with van der Waals surface area (Å²) in [5.74, 6) is 1.27. The number of Topliss-reactive ketones (excluding diaryl/α,β-unsaturated/α-hetero) is 1. The topological polar surface area (TPSA) is 90.6 Å². The summed E-state index contributed by atoms with van der Waals surface area (Å²) in [4.78, 5) is 27.0. The van der Waals surface area contributed by atoms with E-state index >= 15 is 4.39 Å². The number of carbonyl (C=O) groups excluding carboxylic acids is 1. The summed E-state index contributed by atoms with van der Waals surface area (Å²) in [5.41, 5.74) is -0.274. The average Bonchev–Trinajstić information content (AvgIpc) is 3.56. The maximum Gasteiger partial charge on any atom is 0.297 e. The van der Waals surface area contributed by atoms with Crippen molar-refractivity contribution in [2.24, 2.45) is 5.92 Å². The molecule has 0 saturated carbocycles. The third-order valence-corrected chi connectivity index (χ3v) is 7.92. The highest BCUT2D eigenvalue weighted by Crippen LogP contribution is 2.45. The van der Waals surface area contributed by atoms with Crippen LogP contribution in [0.4, 0.5) is 19.0 Å². The first kappa shape index (κ1) is 27.0. The summed E-state index contributed by atoms with van der Waals surface area (Å²) in [6, 6.07) is 7.76. The van der Waals surface area contributed by atoms with Crippen LogP contribution in [0.5, 0.6) is 5.88 Å². The molecule has 2 fully saturated rings. The van der Waals surface area contributed by atoms with E-state index in [4.69, 9.17) is 20.3 Å². The van der Waals surface area contributed by atoms with Crippen molar-refractivity contribution < 1.29 is 31.9 Å². The van der Waals surface area contributed by atoms with Crippen molar-refractivity contribution in [3.05, 3.63) is 53.5 Å². The summed E-state index contributed by atoms with van der Waals surface area (Å²) in [5, 5.41) is 0.556. The maximum atomic E-state index is 16.5. The first-order chi connectivity index (χ1) is 19.7. The molecule has 0 unspecified atom stereocenters. The molecule has 0 amide bonds. The molecule has 2 aliphatic heterocycles. The van der Waals surface area contributed by atoms with Gasteiger partial charge in [-0.15, -0.1) is 6.42 Å². The highest BCUT2D eigenvalue weighted by atomic mass is 19.3. The third kappa shape index (κ3) is 4.66. The molecular weight excluding hydrogens is 537 g/mol. The van der Waals surface area contributed by atoms with E-state index in [9.17, 15) is 13.6 Å². The number of alkyl halides is 3. The van der Waals surface area contributed by atoms with Gasteiger partial charge in [-0.2, -0.15) is 0 Å². The summed E-state index contributed by atoms with van der Waals surface area (Å²) < 4.78 is 62.0. The molecule has 212 valence electrons. The number of para-hydroxylation sites is 1. The van der Waals surface area contributed by atoms with Crippen LogP contribution in [-0.4, -0.2) is 52.6 Å². The molecule has 8 nitrogen and oxygen atoms in total. The number of terminal acetylenes is 1. The second-order valence-electron chi connectivity index (χ2n) is 10.5. The Bertz CT molecular complexity index is 1690. The van der Waals surface area contributed by atoms with Crippen LogP contribution in [0.1, 0.15) is 50.1 Å². The Morgan fingerprint density at radius 3 is 2.83 bits per heavy atom. The van der Waals surface area contributed by atoms with Gasteiger partial charge in [0.25, 0.3) is 6.43 Å². The summed E-state index contributed by atoms with van der Waals surface area (Å²) >= 11 is 0. The second-order valence-corrected chi connectivity index (χ2v) is 10.5. The Morgan fingerprint density at radius 1 is 1.29 bits per heavy atom. The molecule has 5 heterocycles. The number of hydrogen-bond donors (Lipinski definition) is 0. The van der Waals surface area contributed by atoms with Gasteiger partial charge in [-0.05, 0) is 25.1 Å². The Hall–Kier alpha value is -4.17. The van der Waals surface area contributed by atoms with Crippen LogP contribution in [-0.2, 0) is 15.2 Å². The van der Waals surface area contributed by atoms with Crippen molar-refractivity contribution in [1.29, 1.82) is 0 Å². The van der Waals surface area contributed by atoms with E-state index in [1.165, 1.54) is 13.1 Å². The summed E-state index contributed by atoms with van der Waals surface area (Å²) in [6.07, 6.45) is 3.73. The van der Waals surface area contributed by atoms with Crippen LogP contribution in [0.15, 0.2) is 40.9 Å². The summed E-state index contributed by atoms with van der Waals surface area (Å²) in [6.45, 7) is 3.72. The van der Waals surface area contributed by atoms with E-state index in [0.29, 0.717) is 16.5 Å².